The van der Waals surface area contributed by atoms with Crippen molar-refractivity contribution < 1.29 is 31.9 Å². The van der Waals surface area contributed by atoms with Crippen LogP contribution in [0.1, 0.15) is 60.8 Å². The molecule has 6 rings (SSSR count). The van der Waals surface area contributed by atoms with Gasteiger partial charge in [-0.2, -0.15) is 13.2 Å². The van der Waals surface area contributed by atoms with Crippen LogP contribution in [0.4, 0.5) is 29.2 Å². The molecule has 0 saturated carbocycles. The van der Waals surface area contributed by atoms with Gasteiger partial charge in [0, 0.05) is 49.1 Å². The van der Waals surface area contributed by atoms with E-state index in [1.807, 2.05) is 4.90 Å². The normalized spacial score (nSPS) is 20.2. The summed E-state index contributed by atoms with van der Waals surface area (Å²) >= 11 is 0. The van der Waals surface area contributed by atoms with Crippen molar-refractivity contribution in [3.63, 3.8) is 0 Å². The number of hydrogen-bond donors (Lipinski definition) is 2. The molecule has 1 aromatic carbocycles. The molecule has 2 amide bonds. The molecule has 3 atom stereocenters. The van der Waals surface area contributed by atoms with E-state index in [1.165, 1.54) is 12.3 Å². The van der Waals surface area contributed by atoms with Crippen LogP contribution in [0.3, 0.4) is 0 Å². The molecule has 5 heterocycles. The number of carbonyl (C=O) groups is 2. The Labute approximate surface area is 249 Å². The van der Waals surface area contributed by atoms with Gasteiger partial charge in [-0.15, -0.1) is 0 Å². The van der Waals surface area contributed by atoms with Crippen molar-refractivity contribution in [2.24, 2.45) is 5.92 Å². The van der Waals surface area contributed by atoms with E-state index in [-0.39, 0.29) is 64.6 Å². The van der Waals surface area contributed by atoms with Crippen LogP contribution in [0.25, 0.3) is 16.8 Å². The Morgan fingerprint density at radius 2 is 1.98 bits per heavy atom. The number of alkyl halides is 3. The fraction of sp³-hybridized carbons (Fsp3) is 0.367. The van der Waals surface area contributed by atoms with Crippen LogP contribution >= 0.6 is 0 Å². The molecule has 4 aromatic rings. The number of hydrogen-bond acceptors (Lipinski definition) is 7. The Kier molecular flexibility index (Phi) is 7.38. The number of benzene rings is 1. The lowest BCUT2D eigenvalue weighted by atomic mass is 9.89. The van der Waals surface area contributed by atoms with Crippen LogP contribution in [0.2, 0.25) is 0 Å². The van der Waals surface area contributed by atoms with Crippen LogP contribution in [-0.2, 0) is 11.0 Å². The zero-order valence-electron chi connectivity index (χ0n) is 23.9. The molecule has 14 heteroatoms. The van der Waals surface area contributed by atoms with Gasteiger partial charge in [-0.3, -0.25) is 14.0 Å². The van der Waals surface area contributed by atoms with Gasteiger partial charge < -0.3 is 20.7 Å². The van der Waals surface area contributed by atoms with Gasteiger partial charge in [-0.25, -0.2) is 19.3 Å². The molecule has 3 aromatic heterocycles. The minimum atomic E-state index is -4.64. The molecule has 2 saturated heterocycles. The van der Waals surface area contributed by atoms with E-state index in [2.05, 4.69) is 22.2 Å². The average Bonchev–Trinajstić information content (AvgIpc) is 3.50. The predicted molar refractivity (Wildman–Crippen MR) is 152 cm³/mol. The van der Waals surface area contributed by atoms with E-state index in [4.69, 9.17) is 15.5 Å². The number of fused-ring (bicyclic) bond motifs is 2. The number of ether oxygens (including phenoxy) is 1. The first-order valence-corrected chi connectivity index (χ1v) is 14.2. The molecular formula is C30H29F4N7O3. The second-order valence-electron chi connectivity index (χ2n) is 11.1. The number of nitrogens with two attached hydrogens (primary N) is 1. The zero-order valence-corrected chi connectivity index (χ0v) is 23.9. The van der Waals surface area contributed by atoms with Crippen molar-refractivity contribution in [3.05, 3.63) is 65.6 Å². The molecule has 230 valence electrons. The first kappa shape index (κ1) is 29.3. The summed E-state index contributed by atoms with van der Waals surface area (Å²) in [5, 5.41) is 2.28. The number of imidazole rings is 1. The van der Waals surface area contributed by atoms with Gasteiger partial charge >= 0.3 is 6.18 Å². The number of anilines is 2. The topological polar surface area (TPSA) is 128 Å². The van der Waals surface area contributed by atoms with E-state index in [0.717, 1.165) is 31.2 Å². The summed E-state index contributed by atoms with van der Waals surface area (Å²) in [6.45, 7) is 4.34. The average molecular weight is 612 g/mol. The second kappa shape index (κ2) is 11.1. The summed E-state index contributed by atoms with van der Waals surface area (Å²) in [7, 11) is 0. The molecule has 0 bridgehead atoms. The van der Waals surface area contributed by atoms with Gasteiger partial charge in [0.1, 0.15) is 40.2 Å². The largest absolute Gasteiger partial charge is 0.493 e. The van der Waals surface area contributed by atoms with Gasteiger partial charge in [0.05, 0.1) is 17.7 Å². The van der Waals surface area contributed by atoms with Crippen molar-refractivity contribution >= 4 is 29.0 Å². The molecule has 2 aliphatic heterocycles. The Morgan fingerprint density at radius 1 is 1.18 bits per heavy atom. The van der Waals surface area contributed by atoms with E-state index < -0.39 is 23.5 Å². The maximum atomic E-state index is 16.0. The summed E-state index contributed by atoms with van der Waals surface area (Å²) in [5.41, 5.74) is 5.54. The van der Waals surface area contributed by atoms with Gasteiger partial charge in [0.2, 0.25) is 5.91 Å². The van der Waals surface area contributed by atoms with Crippen LogP contribution in [-0.4, -0.2) is 55.3 Å². The highest BCUT2D eigenvalue weighted by Gasteiger charge is 2.42. The summed E-state index contributed by atoms with van der Waals surface area (Å²) in [5.74, 6) is -1.19. The number of halogens is 4. The maximum Gasteiger partial charge on any atom is 0.416 e. The molecule has 2 aliphatic rings. The lowest BCUT2D eigenvalue weighted by Crippen LogP contribution is -2.42. The van der Waals surface area contributed by atoms with Crippen molar-refractivity contribution in [2.45, 2.75) is 51.2 Å². The third-order valence-electron chi connectivity index (χ3n) is 8.26. The number of rotatable bonds is 6. The first-order valence-electron chi connectivity index (χ1n) is 14.2. The molecule has 3 unspecified atom stereocenters. The van der Waals surface area contributed by atoms with Crippen molar-refractivity contribution in [1.82, 2.24) is 24.3 Å². The SMILES string of the molecule is CCOc1cc(C(=O)Nc2cc(C(F)(F)F)ccn2)cc(F)c1-c1nc(C2CCC3C(C)CC(=O)N3C2)n2ccnc(N)c12. The zero-order chi connectivity index (χ0) is 31.3. The van der Waals surface area contributed by atoms with Gasteiger partial charge in [0.25, 0.3) is 5.91 Å². The number of piperidine rings is 1. The number of nitrogen functional groups attached to an aromatic ring is 1. The smallest absolute Gasteiger partial charge is 0.416 e. The predicted octanol–water partition coefficient (Wildman–Crippen LogP) is 5.30. The van der Waals surface area contributed by atoms with E-state index in [0.29, 0.717) is 30.4 Å². The number of carbonyl (C=O) groups excluding carboxylic acids is 2. The molecule has 0 aliphatic carbocycles. The number of aromatic nitrogens is 4. The van der Waals surface area contributed by atoms with E-state index in [9.17, 15) is 22.8 Å². The van der Waals surface area contributed by atoms with Crippen LogP contribution < -0.4 is 15.8 Å². The molecule has 0 radical (unpaired) electrons. The Balaban J connectivity index is 1.39. The Morgan fingerprint density at radius 3 is 2.73 bits per heavy atom. The minimum absolute atomic E-state index is 0.0169. The number of nitrogens with one attached hydrogen (secondary N) is 1. The second-order valence-corrected chi connectivity index (χ2v) is 11.1. The van der Waals surface area contributed by atoms with Crippen LogP contribution in [0, 0.1) is 11.7 Å². The Bertz CT molecular complexity index is 1770. The number of nitrogens with zero attached hydrogens (tertiary/aromatic N) is 5. The summed E-state index contributed by atoms with van der Waals surface area (Å²) in [6.07, 6.45) is 1.56. The third kappa shape index (κ3) is 5.18. The lowest BCUT2D eigenvalue weighted by molar-refractivity contribution is -0.137. The highest BCUT2D eigenvalue weighted by atomic mass is 19.4. The highest BCUT2D eigenvalue weighted by Crippen LogP contribution is 2.42. The molecule has 10 nitrogen and oxygen atoms in total. The lowest BCUT2D eigenvalue weighted by Gasteiger charge is -2.36. The summed E-state index contributed by atoms with van der Waals surface area (Å²) in [4.78, 5) is 40.4. The minimum Gasteiger partial charge on any atom is -0.493 e. The fourth-order valence-corrected chi connectivity index (χ4v) is 6.23. The van der Waals surface area contributed by atoms with E-state index >= 15 is 4.39 Å². The van der Waals surface area contributed by atoms with Crippen molar-refractivity contribution in [3.8, 4) is 17.0 Å². The maximum absolute atomic E-state index is 16.0. The number of amides is 2. The summed E-state index contributed by atoms with van der Waals surface area (Å²) in [6, 6.07) is 3.88. The summed E-state index contributed by atoms with van der Waals surface area (Å²) < 4.78 is 62.9. The van der Waals surface area contributed by atoms with Crippen molar-refractivity contribution in [2.75, 3.05) is 24.2 Å². The monoisotopic (exact) mass is 611 g/mol. The van der Waals surface area contributed by atoms with Gasteiger partial charge in [-0.1, -0.05) is 6.92 Å². The Hall–Kier alpha value is -4.75. The van der Waals surface area contributed by atoms with Crippen molar-refractivity contribution in [1.29, 1.82) is 0 Å². The molecular weight excluding hydrogens is 582 g/mol. The molecule has 44 heavy (non-hydrogen) atoms. The molecule has 0 spiro atoms. The van der Waals surface area contributed by atoms with Crippen LogP contribution in [0.5, 0.6) is 5.75 Å². The molecule has 2 fully saturated rings. The molecule has 3 N–H and O–H groups in total. The number of pyridine rings is 1. The van der Waals surface area contributed by atoms with Gasteiger partial charge in [0.15, 0.2) is 0 Å². The fourth-order valence-electron chi connectivity index (χ4n) is 6.23. The van der Waals surface area contributed by atoms with Gasteiger partial charge in [-0.05, 0) is 49.9 Å². The van der Waals surface area contributed by atoms with Crippen LogP contribution in [0.15, 0.2) is 42.9 Å². The quantitative estimate of drug-likeness (QED) is 0.284. The highest BCUT2D eigenvalue weighted by molar-refractivity contribution is 6.05. The first-order chi connectivity index (χ1) is 21.0. The standard InChI is InChI=1S/C30H29F4N7O3/c1-3-44-21-12-17(29(43)38-22-13-18(6-7-36-22)30(32,33)34)11-19(31)24(21)25-26-27(35)37-8-9-40(26)28(39-25)16-4-5-20-15(2)10-23(42)41(20)14-16/h6-9,11-13,15-16,20H,3-5,10,14H2,1-2H3,(H2,35,37)(H,36,38,43). The van der Waals surface area contributed by atoms with E-state index in [1.54, 1.807) is 17.5 Å². The third-order valence-corrected chi connectivity index (χ3v) is 8.26.